The minimum absolute atomic E-state index is 0.0834. The van der Waals surface area contributed by atoms with Crippen LogP contribution in [-0.2, 0) is 14.3 Å². The van der Waals surface area contributed by atoms with Gasteiger partial charge in [-0.25, -0.2) is 0 Å². The van der Waals surface area contributed by atoms with Crippen LogP contribution in [0.2, 0.25) is 0 Å². The highest BCUT2D eigenvalue weighted by Gasteiger charge is 2.53. The highest BCUT2D eigenvalue weighted by molar-refractivity contribution is 5.77. The first-order valence-corrected chi connectivity index (χ1v) is 9.36. The molecule has 0 aromatic carbocycles. The van der Waals surface area contributed by atoms with E-state index in [2.05, 4.69) is 20.8 Å². The summed E-state index contributed by atoms with van der Waals surface area (Å²) in [6.45, 7) is 10.1. The Kier molecular flexibility index (Phi) is 3.46. The van der Waals surface area contributed by atoms with Crippen molar-refractivity contribution in [3.63, 3.8) is 0 Å². The second kappa shape index (κ2) is 5.08. The first kappa shape index (κ1) is 15.7. The van der Waals surface area contributed by atoms with Crippen LogP contribution in [0.25, 0.3) is 0 Å². The van der Waals surface area contributed by atoms with Crippen molar-refractivity contribution in [2.24, 2.45) is 28.6 Å². The number of allylic oxidation sites excluding steroid dienone is 1. The average molecular weight is 318 g/mol. The van der Waals surface area contributed by atoms with Gasteiger partial charge in [0, 0.05) is 5.92 Å². The molecule has 2 aliphatic heterocycles. The van der Waals surface area contributed by atoms with Crippen LogP contribution in [0, 0.1) is 28.6 Å². The van der Waals surface area contributed by atoms with Crippen LogP contribution >= 0.6 is 0 Å². The summed E-state index contributed by atoms with van der Waals surface area (Å²) in [7, 11) is 0. The molecule has 5 atom stereocenters. The summed E-state index contributed by atoms with van der Waals surface area (Å²) in [5.41, 5.74) is 3.65. The molecule has 2 aliphatic carbocycles. The zero-order valence-corrected chi connectivity index (χ0v) is 15.0. The number of hydrogen-bond donors (Lipinski definition) is 0. The summed E-state index contributed by atoms with van der Waals surface area (Å²) in [4.78, 5) is 12.4. The van der Waals surface area contributed by atoms with Crippen molar-refractivity contribution in [3.8, 4) is 0 Å². The molecule has 0 aromatic heterocycles. The molecular formula is C20H30O3. The molecule has 2 heterocycles. The third-order valence-electron chi connectivity index (χ3n) is 6.98. The molecule has 3 nitrogen and oxygen atoms in total. The second-order valence-corrected chi connectivity index (χ2v) is 9.37. The van der Waals surface area contributed by atoms with E-state index in [0.717, 1.165) is 13.0 Å². The van der Waals surface area contributed by atoms with E-state index in [1.165, 1.54) is 37.7 Å². The molecule has 2 saturated heterocycles. The topological polar surface area (TPSA) is 35.5 Å². The van der Waals surface area contributed by atoms with Gasteiger partial charge >= 0.3 is 5.97 Å². The van der Waals surface area contributed by atoms with Gasteiger partial charge in [0.1, 0.15) is 0 Å². The Morgan fingerprint density at radius 3 is 2.70 bits per heavy atom. The third kappa shape index (κ3) is 2.38. The van der Waals surface area contributed by atoms with E-state index in [1.54, 1.807) is 5.57 Å². The maximum atomic E-state index is 12.4. The van der Waals surface area contributed by atoms with Crippen LogP contribution in [-0.4, -0.2) is 18.9 Å². The first-order valence-electron chi connectivity index (χ1n) is 9.36. The number of rotatable bonds is 1. The summed E-state index contributed by atoms with van der Waals surface area (Å²) in [6, 6.07) is 0. The minimum atomic E-state index is -0.311. The predicted molar refractivity (Wildman–Crippen MR) is 88.6 cm³/mol. The quantitative estimate of drug-likeness (QED) is 0.529. The number of esters is 1. The molecule has 0 aromatic rings. The highest BCUT2D eigenvalue weighted by Crippen LogP contribution is 2.57. The maximum absolute atomic E-state index is 12.4. The van der Waals surface area contributed by atoms with Gasteiger partial charge in [0.15, 0.2) is 0 Å². The van der Waals surface area contributed by atoms with E-state index in [1.807, 2.05) is 6.92 Å². The van der Waals surface area contributed by atoms with Gasteiger partial charge in [-0.2, -0.15) is 0 Å². The summed E-state index contributed by atoms with van der Waals surface area (Å²) in [5.74, 6) is 0.709. The molecule has 4 aliphatic rings. The fraction of sp³-hybridized carbons (Fsp3) is 0.850. The predicted octanol–water partition coefficient (Wildman–Crippen LogP) is 4.46. The Morgan fingerprint density at radius 2 is 1.96 bits per heavy atom. The molecule has 23 heavy (non-hydrogen) atoms. The lowest BCUT2D eigenvalue weighted by atomic mass is 9.56. The smallest absolute Gasteiger partial charge is 0.315 e. The van der Waals surface area contributed by atoms with Gasteiger partial charge in [-0.05, 0) is 61.3 Å². The number of carbonyl (C=O) groups excluding carboxylic acids is 1. The monoisotopic (exact) mass is 318 g/mol. The van der Waals surface area contributed by atoms with Gasteiger partial charge in [-0.15, -0.1) is 0 Å². The lowest BCUT2D eigenvalue weighted by molar-refractivity contribution is -0.185. The zero-order valence-electron chi connectivity index (χ0n) is 15.0. The molecule has 0 spiro atoms. The molecule has 0 radical (unpaired) electrons. The Labute approximate surface area is 139 Å². The zero-order chi connectivity index (χ0) is 16.4. The van der Waals surface area contributed by atoms with Crippen LogP contribution in [0.1, 0.15) is 66.2 Å². The van der Waals surface area contributed by atoms with Crippen molar-refractivity contribution in [2.45, 2.75) is 72.5 Å². The van der Waals surface area contributed by atoms with Gasteiger partial charge in [0.2, 0.25) is 6.29 Å². The van der Waals surface area contributed by atoms with Gasteiger partial charge in [0.25, 0.3) is 0 Å². The third-order valence-corrected chi connectivity index (χ3v) is 6.98. The lowest BCUT2D eigenvalue weighted by Gasteiger charge is -2.49. The van der Waals surface area contributed by atoms with Crippen LogP contribution in [0.15, 0.2) is 11.1 Å². The molecular weight excluding hydrogens is 288 g/mol. The Morgan fingerprint density at radius 1 is 1.17 bits per heavy atom. The van der Waals surface area contributed by atoms with Crippen molar-refractivity contribution in [2.75, 3.05) is 6.61 Å². The second-order valence-electron chi connectivity index (χ2n) is 9.37. The summed E-state index contributed by atoms with van der Waals surface area (Å²) < 4.78 is 11.4. The first-order chi connectivity index (χ1) is 10.8. The van der Waals surface area contributed by atoms with E-state index >= 15 is 0 Å². The molecule has 1 unspecified atom stereocenters. The van der Waals surface area contributed by atoms with Crippen molar-refractivity contribution in [3.05, 3.63) is 11.1 Å². The van der Waals surface area contributed by atoms with E-state index in [-0.39, 0.29) is 23.6 Å². The van der Waals surface area contributed by atoms with Crippen molar-refractivity contribution in [1.29, 1.82) is 0 Å². The summed E-state index contributed by atoms with van der Waals surface area (Å²) in [5, 5.41) is 0. The largest absolute Gasteiger partial charge is 0.435 e. The van der Waals surface area contributed by atoms with Crippen LogP contribution in [0.4, 0.5) is 0 Å². The molecule has 3 heteroatoms. The number of hydrogen-bond acceptors (Lipinski definition) is 3. The number of carbonyl (C=O) groups is 1. The van der Waals surface area contributed by atoms with Crippen LogP contribution in [0.5, 0.6) is 0 Å². The SMILES string of the molecule is C[C@H]1C(=O)O[C@@H]2OC[C@@H]3CCC([C@@]4(C)CCCC(C)(C)C4)=C1C32. The van der Waals surface area contributed by atoms with Crippen molar-refractivity contribution >= 4 is 5.97 Å². The van der Waals surface area contributed by atoms with E-state index in [9.17, 15) is 4.79 Å². The number of ether oxygens (including phenoxy) is 2. The molecule has 0 amide bonds. The van der Waals surface area contributed by atoms with Crippen molar-refractivity contribution < 1.29 is 14.3 Å². The van der Waals surface area contributed by atoms with E-state index < -0.39 is 0 Å². The van der Waals surface area contributed by atoms with Crippen molar-refractivity contribution in [1.82, 2.24) is 0 Å². The van der Waals surface area contributed by atoms with Crippen LogP contribution < -0.4 is 0 Å². The Hall–Kier alpha value is -0.830. The summed E-state index contributed by atoms with van der Waals surface area (Å²) in [6.07, 6.45) is 7.16. The lowest BCUT2D eigenvalue weighted by Crippen LogP contribution is -2.44. The standard InChI is InChI=1S/C20H30O3/c1-12-15-14(20(4)9-5-8-19(2,3)11-20)7-6-13-10-22-18(16(13)15)23-17(12)21/h12-13,16,18H,5-11H2,1-4H3/t12-,13+,16?,18+,20+/m1/s1. The molecule has 1 saturated carbocycles. The fourth-order valence-electron chi connectivity index (χ4n) is 6.09. The van der Waals surface area contributed by atoms with E-state index in [0.29, 0.717) is 17.3 Å². The molecule has 0 bridgehead atoms. The fourth-order valence-corrected chi connectivity index (χ4v) is 6.09. The average Bonchev–Trinajstić information content (AvgIpc) is 2.86. The minimum Gasteiger partial charge on any atom is -0.435 e. The molecule has 3 fully saturated rings. The maximum Gasteiger partial charge on any atom is 0.315 e. The Balaban J connectivity index is 1.79. The van der Waals surface area contributed by atoms with E-state index in [4.69, 9.17) is 9.47 Å². The normalized spacial score (nSPS) is 45.7. The van der Waals surface area contributed by atoms with Gasteiger partial charge < -0.3 is 9.47 Å². The van der Waals surface area contributed by atoms with Gasteiger partial charge in [-0.1, -0.05) is 32.8 Å². The van der Waals surface area contributed by atoms with Crippen LogP contribution in [0.3, 0.4) is 0 Å². The highest BCUT2D eigenvalue weighted by atomic mass is 16.7. The Bertz CT molecular complexity index is 561. The van der Waals surface area contributed by atoms with Gasteiger partial charge in [-0.3, -0.25) is 4.79 Å². The molecule has 4 rings (SSSR count). The molecule has 128 valence electrons. The van der Waals surface area contributed by atoms with Gasteiger partial charge in [0.05, 0.1) is 12.5 Å². The summed E-state index contributed by atoms with van der Waals surface area (Å²) >= 11 is 0. The molecule has 0 N–H and O–H groups in total.